The number of fused-ring (bicyclic) bond motifs is 4. The van der Waals surface area contributed by atoms with Gasteiger partial charge < -0.3 is 20.4 Å². The van der Waals surface area contributed by atoms with Crippen molar-refractivity contribution in [3.63, 3.8) is 0 Å². The Bertz CT molecular complexity index is 1190. The van der Waals surface area contributed by atoms with Crippen molar-refractivity contribution in [2.75, 3.05) is 42.9 Å². The number of likely N-dealkylation sites (N-methyl/N-ethyl adjacent to an activating group) is 1. The van der Waals surface area contributed by atoms with E-state index < -0.39 is 0 Å². The topological polar surface area (TPSA) is 107 Å². The molecular formula is C28H38N8O2. The van der Waals surface area contributed by atoms with Crippen molar-refractivity contribution in [1.29, 1.82) is 0 Å². The number of aromatic nitrogens is 3. The highest BCUT2D eigenvalue weighted by molar-refractivity contribution is 5.94. The van der Waals surface area contributed by atoms with Crippen LogP contribution >= 0.6 is 0 Å². The van der Waals surface area contributed by atoms with Crippen LogP contribution in [0.4, 0.5) is 17.6 Å². The molecule has 0 bridgehead atoms. The molecule has 6 rings (SSSR count). The van der Waals surface area contributed by atoms with Gasteiger partial charge in [0.1, 0.15) is 17.7 Å². The van der Waals surface area contributed by atoms with E-state index in [0.29, 0.717) is 36.3 Å². The summed E-state index contributed by atoms with van der Waals surface area (Å²) in [4.78, 5) is 46.4. The first kappa shape index (κ1) is 25.0. The van der Waals surface area contributed by atoms with Gasteiger partial charge in [0, 0.05) is 50.1 Å². The summed E-state index contributed by atoms with van der Waals surface area (Å²) in [5.74, 6) is 2.02. The minimum Gasteiger partial charge on any atom is -0.352 e. The Balaban J connectivity index is 1.16. The van der Waals surface area contributed by atoms with Gasteiger partial charge in [-0.25, -0.2) is 9.97 Å². The van der Waals surface area contributed by atoms with Crippen LogP contribution in [0, 0.1) is 0 Å². The van der Waals surface area contributed by atoms with Crippen LogP contribution < -0.4 is 15.5 Å². The van der Waals surface area contributed by atoms with E-state index in [1.807, 2.05) is 23.2 Å². The van der Waals surface area contributed by atoms with E-state index in [1.165, 1.54) is 19.3 Å². The minimum absolute atomic E-state index is 0.0275. The summed E-state index contributed by atoms with van der Waals surface area (Å²) in [6.07, 6.45) is 10.9. The lowest BCUT2D eigenvalue weighted by Crippen LogP contribution is -2.67. The largest absolute Gasteiger partial charge is 0.352 e. The highest BCUT2D eigenvalue weighted by Crippen LogP contribution is 2.44. The molecule has 2 saturated heterocycles. The van der Waals surface area contributed by atoms with Gasteiger partial charge in [-0.1, -0.05) is 33.1 Å². The SMILES string of the molecule is CCN(CC)C1CCN(C(=O)c2ccc(Nc3ncc4c(n3)N3C(C4)C(=O)NCC34CCCCC4)nc2)C1. The Morgan fingerprint density at radius 3 is 2.71 bits per heavy atom. The summed E-state index contributed by atoms with van der Waals surface area (Å²) in [6, 6.07) is 3.84. The van der Waals surface area contributed by atoms with Crippen LogP contribution in [0.3, 0.4) is 0 Å². The second-order valence-corrected chi connectivity index (χ2v) is 11.1. The van der Waals surface area contributed by atoms with Gasteiger partial charge in [0.2, 0.25) is 11.9 Å². The number of likely N-dealkylation sites (tertiary alicyclic amines) is 1. The fraction of sp³-hybridized carbons (Fsp3) is 0.607. The van der Waals surface area contributed by atoms with E-state index in [2.05, 4.69) is 44.2 Å². The number of carbonyl (C=O) groups is 2. The number of nitrogens with one attached hydrogen (secondary N) is 2. The molecule has 10 heteroatoms. The predicted octanol–water partition coefficient (Wildman–Crippen LogP) is 2.74. The molecule has 10 nitrogen and oxygen atoms in total. The summed E-state index contributed by atoms with van der Waals surface area (Å²) in [5.41, 5.74) is 1.55. The van der Waals surface area contributed by atoms with E-state index in [4.69, 9.17) is 4.98 Å². The number of nitrogens with zero attached hydrogens (tertiary/aromatic N) is 6. The Labute approximate surface area is 224 Å². The van der Waals surface area contributed by atoms with Crippen LogP contribution in [0.2, 0.25) is 0 Å². The van der Waals surface area contributed by atoms with Crippen molar-refractivity contribution in [3.8, 4) is 0 Å². The fourth-order valence-electron chi connectivity index (χ4n) is 6.96. The first-order chi connectivity index (χ1) is 18.5. The van der Waals surface area contributed by atoms with Gasteiger partial charge in [-0.3, -0.25) is 14.5 Å². The van der Waals surface area contributed by atoms with Crippen LogP contribution in [0.25, 0.3) is 0 Å². The van der Waals surface area contributed by atoms with Crippen molar-refractivity contribution in [3.05, 3.63) is 35.7 Å². The first-order valence-electron chi connectivity index (χ1n) is 14.2. The molecular weight excluding hydrogens is 480 g/mol. The van der Waals surface area contributed by atoms with Crippen LogP contribution in [-0.2, 0) is 11.2 Å². The van der Waals surface area contributed by atoms with Crippen molar-refractivity contribution in [2.45, 2.75) is 76.4 Å². The second-order valence-electron chi connectivity index (χ2n) is 11.1. The molecule has 1 spiro atoms. The highest BCUT2D eigenvalue weighted by Gasteiger charge is 2.51. The Morgan fingerprint density at radius 1 is 1.16 bits per heavy atom. The maximum Gasteiger partial charge on any atom is 0.255 e. The maximum absolute atomic E-state index is 13.1. The van der Waals surface area contributed by atoms with Gasteiger partial charge in [0.15, 0.2) is 0 Å². The number of pyridine rings is 1. The molecule has 202 valence electrons. The van der Waals surface area contributed by atoms with E-state index in [0.717, 1.165) is 56.8 Å². The molecule has 5 heterocycles. The maximum atomic E-state index is 13.1. The molecule has 0 radical (unpaired) electrons. The van der Waals surface area contributed by atoms with Gasteiger partial charge in [0.25, 0.3) is 5.91 Å². The third-order valence-corrected chi connectivity index (χ3v) is 9.01. The Morgan fingerprint density at radius 2 is 1.97 bits per heavy atom. The van der Waals surface area contributed by atoms with Crippen LogP contribution in [0.1, 0.15) is 68.3 Å². The molecule has 1 saturated carbocycles. The second kappa shape index (κ2) is 10.1. The van der Waals surface area contributed by atoms with Gasteiger partial charge in [-0.2, -0.15) is 4.98 Å². The smallest absolute Gasteiger partial charge is 0.255 e. The summed E-state index contributed by atoms with van der Waals surface area (Å²) >= 11 is 0. The van der Waals surface area contributed by atoms with Crippen molar-refractivity contribution in [2.24, 2.45) is 0 Å². The number of hydrogen-bond acceptors (Lipinski definition) is 8. The molecule has 0 aromatic carbocycles. The lowest BCUT2D eigenvalue weighted by Gasteiger charge is -2.51. The minimum atomic E-state index is -0.211. The van der Waals surface area contributed by atoms with Crippen molar-refractivity contribution < 1.29 is 9.59 Å². The molecule has 2 atom stereocenters. The number of anilines is 3. The summed E-state index contributed by atoms with van der Waals surface area (Å²) in [6.45, 7) is 8.57. The zero-order chi connectivity index (χ0) is 26.3. The molecule has 3 fully saturated rings. The third kappa shape index (κ3) is 4.38. The number of carbonyl (C=O) groups excluding carboxylic acids is 2. The molecule has 38 heavy (non-hydrogen) atoms. The van der Waals surface area contributed by atoms with Crippen molar-refractivity contribution >= 4 is 29.4 Å². The Kier molecular flexibility index (Phi) is 6.67. The highest BCUT2D eigenvalue weighted by atomic mass is 16.2. The van der Waals surface area contributed by atoms with Gasteiger partial charge >= 0.3 is 0 Å². The Hall–Kier alpha value is -3.27. The van der Waals surface area contributed by atoms with Crippen LogP contribution in [0.15, 0.2) is 24.5 Å². The third-order valence-electron chi connectivity index (χ3n) is 9.01. The number of hydrogen-bond donors (Lipinski definition) is 2. The first-order valence-corrected chi connectivity index (χ1v) is 14.2. The van der Waals surface area contributed by atoms with E-state index in [9.17, 15) is 9.59 Å². The molecule has 2 amide bonds. The van der Waals surface area contributed by atoms with Gasteiger partial charge in [-0.15, -0.1) is 0 Å². The molecule has 2 unspecified atom stereocenters. The molecule has 4 aliphatic rings. The monoisotopic (exact) mass is 518 g/mol. The van der Waals surface area contributed by atoms with E-state index >= 15 is 0 Å². The molecule has 2 aromatic rings. The molecule has 2 N–H and O–H groups in total. The van der Waals surface area contributed by atoms with Gasteiger partial charge in [0.05, 0.1) is 11.1 Å². The summed E-state index contributed by atoms with van der Waals surface area (Å²) in [7, 11) is 0. The molecule has 2 aromatic heterocycles. The average molecular weight is 519 g/mol. The van der Waals surface area contributed by atoms with E-state index in [1.54, 1.807) is 6.20 Å². The number of rotatable bonds is 6. The van der Waals surface area contributed by atoms with Crippen molar-refractivity contribution in [1.82, 2.24) is 30.1 Å². The molecule has 1 aliphatic carbocycles. The predicted molar refractivity (Wildman–Crippen MR) is 146 cm³/mol. The van der Waals surface area contributed by atoms with Crippen LogP contribution in [-0.4, -0.2) is 86.9 Å². The average Bonchev–Trinajstić information content (AvgIpc) is 3.59. The summed E-state index contributed by atoms with van der Waals surface area (Å²) in [5, 5.41) is 6.38. The zero-order valence-electron chi connectivity index (χ0n) is 22.4. The normalized spacial score (nSPS) is 23.9. The van der Waals surface area contributed by atoms with E-state index in [-0.39, 0.29) is 23.4 Å². The number of piperazine rings is 1. The lowest BCUT2D eigenvalue weighted by molar-refractivity contribution is -0.124. The lowest BCUT2D eigenvalue weighted by atomic mass is 9.78. The standard InChI is InChI=1S/C28H38N8O2/c1-3-34(4-2)21-10-13-35(17-21)26(38)19-8-9-23(29-15-19)32-27-30-16-20-14-22-25(37)31-18-28(11-6-5-7-12-28)36(22)24(20)33-27/h8-9,15-16,21-22H,3-7,10-14,17-18H2,1-2H3,(H,31,37)(H,29,30,32,33). The van der Waals surface area contributed by atoms with Gasteiger partial charge in [-0.05, 0) is 44.5 Å². The zero-order valence-corrected chi connectivity index (χ0v) is 22.4. The summed E-state index contributed by atoms with van der Waals surface area (Å²) < 4.78 is 0. The fourth-order valence-corrected chi connectivity index (χ4v) is 6.96. The number of amides is 2. The quantitative estimate of drug-likeness (QED) is 0.601. The van der Waals surface area contributed by atoms with Crippen LogP contribution in [0.5, 0.6) is 0 Å². The molecule has 3 aliphatic heterocycles.